The highest BCUT2D eigenvalue weighted by molar-refractivity contribution is 5.13. The number of allylic oxidation sites excluding steroid dienone is 1. The molecule has 1 fully saturated rings. The summed E-state index contributed by atoms with van der Waals surface area (Å²) < 4.78 is 28.6. The Morgan fingerprint density at radius 3 is 2.57 bits per heavy atom. The SMILES string of the molecule is COCO[C@@H](C/C=C\CCC[C@H](C)[C@@H]1COC(C)(C)O1)[C@H](C)OCc1ccccc1. The van der Waals surface area contributed by atoms with E-state index in [1.54, 1.807) is 7.11 Å². The Bertz CT molecular complexity index is 601. The highest BCUT2D eigenvalue weighted by Gasteiger charge is 2.35. The molecule has 30 heavy (non-hydrogen) atoms. The van der Waals surface area contributed by atoms with Crippen molar-refractivity contribution in [1.82, 2.24) is 0 Å². The summed E-state index contributed by atoms with van der Waals surface area (Å²) >= 11 is 0. The minimum atomic E-state index is -0.435. The Morgan fingerprint density at radius 1 is 1.13 bits per heavy atom. The number of ether oxygens (including phenoxy) is 5. The Balaban J connectivity index is 1.67. The van der Waals surface area contributed by atoms with Gasteiger partial charge in [0.15, 0.2) is 5.79 Å². The van der Waals surface area contributed by atoms with Crippen molar-refractivity contribution >= 4 is 0 Å². The average Bonchev–Trinajstić information content (AvgIpc) is 3.11. The van der Waals surface area contributed by atoms with Crippen molar-refractivity contribution in [3.8, 4) is 0 Å². The summed E-state index contributed by atoms with van der Waals surface area (Å²) in [5, 5.41) is 0. The molecule has 0 amide bonds. The van der Waals surface area contributed by atoms with Crippen molar-refractivity contribution in [1.29, 1.82) is 0 Å². The first-order chi connectivity index (χ1) is 14.4. The molecule has 1 aromatic carbocycles. The average molecular weight is 421 g/mol. The van der Waals surface area contributed by atoms with E-state index in [9.17, 15) is 0 Å². The van der Waals surface area contributed by atoms with Gasteiger partial charge in [-0.25, -0.2) is 0 Å². The summed E-state index contributed by atoms with van der Waals surface area (Å²) in [6, 6.07) is 10.2. The number of benzene rings is 1. The molecule has 0 radical (unpaired) electrons. The van der Waals surface area contributed by atoms with E-state index in [1.165, 1.54) is 5.56 Å². The number of rotatable bonds is 14. The molecule has 0 aromatic heterocycles. The monoisotopic (exact) mass is 420 g/mol. The highest BCUT2D eigenvalue weighted by Crippen LogP contribution is 2.28. The van der Waals surface area contributed by atoms with Gasteiger partial charge in [0.25, 0.3) is 0 Å². The van der Waals surface area contributed by atoms with Gasteiger partial charge in [0.2, 0.25) is 0 Å². The molecule has 5 nitrogen and oxygen atoms in total. The van der Waals surface area contributed by atoms with Gasteiger partial charge in [-0.05, 0) is 57.9 Å². The second kappa shape index (κ2) is 13.2. The summed E-state index contributed by atoms with van der Waals surface area (Å²) in [6.07, 6.45) is 8.74. The first kappa shape index (κ1) is 25.0. The number of hydrogen-bond donors (Lipinski definition) is 0. The summed E-state index contributed by atoms with van der Waals surface area (Å²) in [7, 11) is 1.64. The van der Waals surface area contributed by atoms with Gasteiger partial charge in [0.05, 0.1) is 31.5 Å². The molecule has 5 heteroatoms. The van der Waals surface area contributed by atoms with Crippen LogP contribution in [0.3, 0.4) is 0 Å². The molecule has 0 bridgehead atoms. The molecule has 0 saturated carbocycles. The zero-order valence-electron chi connectivity index (χ0n) is 19.3. The third kappa shape index (κ3) is 9.27. The molecule has 1 heterocycles. The lowest BCUT2D eigenvalue weighted by Gasteiger charge is -2.23. The second-order valence-corrected chi connectivity index (χ2v) is 8.60. The fraction of sp³-hybridized carbons (Fsp3) is 0.680. The van der Waals surface area contributed by atoms with E-state index in [1.807, 2.05) is 32.0 Å². The highest BCUT2D eigenvalue weighted by atomic mass is 16.7. The van der Waals surface area contributed by atoms with Gasteiger partial charge in [0, 0.05) is 7.11 Å². The van der Waals surface area contributed by atoms with Crippen molar-refractivity contribution in [2.45, 2.75) is 84.1 Å². The lowest BCUT2D eigenvalue weighted by atomic mass is 9.98. The van der Waals surface area contributed by atoms with Crippen LogP contribution in [0.5, 0.6) is 0 Å². The zero-order chi connectivity index (χ0) is 21.8. The van der Waals surface area contributed by atoms with Crippen LogP contribution in [0, 0.1) is 5.92 Å². The minimum Gasteiger partial charge on any atom is -0.371 e. The van der Waals surface area contributed by atoms with Crippen molar-refractivity contribution < 1.29 is 23.7 Å². The lowest BCUT2D eigenvalue weighted by Crippen LogP contribution is -2.29. The summed E-state index contributed by atoms with van der Waals surface area (Å²) in [4.78, 5) is 0. The number of unbranched alkanes of at least 4 members (excludes halogenated alkanes) is 1. The standard InChI is InChI=1S/C25H40O5/c1-20(24-18-29-25(3,4)30-24)13-9-6-7-12-16-23(28-19-26-5)21(2)27-17-22-14-10-8-11-15-22/h7-8,10-12,14-15,20-21,23-24H,6,9,13,16-19H2,1-5H3/b12-7-/t20-,21-,23-,24-/m0/s1. The molecule has 1 aromatic rings. The molecule has 4 atom stereocenters. The van der Waals surface area contributed by atoms with Gasteiger partial charge in [0.1, 0.15) is 6.79 Å². The van der Waals surface area contributed by atoms with Crippen LogP contribution >= 0.6 is 0 Å². The van der Waals surface area contributed by atoms with Crippen LogP contribution in [-0.4, -0.2) is 44.6 Å². The Morgan fingerprint density at radius 2 is 1.90 bits per heavy atom. The summed E-state index contributed by atoms with van der Waals surface area (Å²) in [5.41, 5.74) is 1.17. The molecular formula is C25H40O5. The van der Waals surface area contributed by atoms with E-state index >= 15 is 0 Å². The van der Waals surface area contributed by atoms with Crippen LogP contribution in [0.1, 0.15) is 58.9 Å². The van der Waals surface area contributed by atoms with Crippen molar-refractivity contribution in [3.63, 3.8) is 0 Å². The number of hydrogen-bond acceptors (Lipinski definition) is 5. The Labute approximate surface area is 182 Å². The van der Waals surface area contributed by atoms with Crippen molar-refractivity contribution in [2.24, 2.45) is 5.92 Å². The normalized spacial score (nSPS) is 21.7. The maximum absolute atomic E-state index is 6.03. The van der Waals surface area contributed by atoms with Crippen LogP contribution in [-0.2, 0) is 30.3 Å². The molecule has 170 valence electrons. The molecule has 0 spiro atoms. The van der Waals surface area contributed by atoms with Crippen LogP contribution in [0.2, 0.25) is 0 Å². The molecule has 1 aliphatic rings. The molecule has 1 saturated heterocycles. The van der Waals surface area contributed by atoms with E-state index in [0.717, 1.165) is 25.7 Å². The molecule has 0 N–H and O–H groups in total. The fourth-order valence-corrected chi connectivity index (χ4v) is 3.55. The van der Waals surface area contributed by atoms with Crippen LogP contribution in [0.25, 0.3) is 0 Å². The molecular weight excluding hydrogens is 380 g/mol. The third-order valence-corrected chi connectivity index (χ3v) is 5.51. The van der Waals surface area contributed by atoms with E-state index in [2.05, 4.69) is 38.1 Å². The molecule has 2 rings (SSSR count). The van der Waals surface area contributed by atoms with E-state index in [-0.39, 0.29) is 25.1 Å². The predicted octanol–water partition coefficient (Wildman–Crippen LogP) is 5.49. The summed E-state index contributed by atoms with van der Waals surface area (Å²) in [6.45, 7) is 9.83. The van der Waals surface area contributed by atoms with Gasteiger partial charge in [-0.15, -0.1) is 0 Å². The van der Waals surface area contributed by atoms with Gasteiger partial charge < -0.3 is 23.7 Å². The van der Waals surface area contributed by atoms with E-state index in [0.29, 0.717) is 19.1 Å². The summed E-state index contributed by atoms with van der Waals surface area (Å²) in [5.74, 6) is 0.0688. The van der Waals surface area contributed by atoms with Crippen molar-refractivity contribution in [2.75, 3.05) is 20.5 Å². The predicted molar refractivity (Wildman–Crippen MR) is 119 cm³/mol. The third-order valence-electron chi connectivity index (χ3n) is 5.51. The van der Waals surface area contributed by atoms with Gasteiger partial charge in [-0.3, -0.25) is 0 Å². The van der Waals surface area contributed by atoms with Gasteiger partial charge in [-0.2, -0.15) is 0 Å². The minimum absolute atomic E-state index is 0.0205. The molecule has 1 aliphatic heterocycles. The van der Waals surface area contributed by atoms with Crippen molar-refractivity contribution in [3.05, 3.63) is 48.0 Å². The van der Waals surface area contributed by atoms with Crippen LogP contribution in [0.4, 0.5) is 0 Å². The molecule has 0 unspecified atom stereocenters. The largest absolute Gasteiger partial charge is 0.371 e. The topological polar surface area (TPSA) is 46.2 Å². The zero-order valence-corrected chi connectivity index (χ0v) is 19.3. The van der Waals surface area contributed by atoms with E-state index in [4.69, 9.17) is 23.7 Å². The number of methoxy groups -OCH3 is 1. The lowest BCUT2D eigenvalue weighted by molar-refractivity contribution is -0.144. The maximum atomic E-state index is 6.03. The first-order valence-electron chi connectivity index (χ1n) is 11.1. The van der Waals surface area contributed by atoms with Gasteiger partial charge >= 0.3 is 0 Å². The quantitative estimate of drug-likeness (QED) is 0.226. The molecule has 0 aliphatic carbocycles. The van der Waals surface area contributed by atoms with Crippen LogP contribution < -0.4 is 0 Å². The van der Waals surface area contributed by atoms with Gasteiger partial charge in [-0.1, -0.05) is 49.4 Å². The Hall–Kier alpha value is -1.24. The maximum Gasteiger partial charge on any atom is 0.163 e. The fourth-order valence-electron chi connectivity index (χ4n) is 3.55. The second-order valence-electron chi connectivity index (χ2n) is 8.60. The van der Waals surface area contributed by atoms with E-state index < -0.39 is 5.79 Å². The van der Waals surface area contributed by atoms with Crippen LogP contribution in [0.15, 0.2) is 42.5 Å². The first-order valence-corrected chi connectivity index (χ1v) is 11.1. The smallest absolute Gasteiger partial charge is 0.163 e. The Kier molecular flexibility index (Phi) is 11.0.